The number of ether oxygens (including phenoxy) is 4. The molecule has 3 fully saturated rings. The van der Waals surface area contributed by atoms with Gasteiger partial charge in [-0.05, 0) is 102 Å². The van der Waals surface area contributed by atoms with Gasteiger partial charge in [0.2, 0.25) is 17.3 Å². The molecule has 3 saturated heterocycles. The van der Waals surface area contributed by atoms with E-state index in [4.69, 9.17) is 77.6 Å². The summed E-state index contributed by atoms with van der Waals surface area (Å²) in [5, 5.41) is 27.2. The van der Waals surface area contributed by atoms with Crippen molar-refractivity contribution >= 4 is 74.9 Å². The number of aliphatic hydroxyl groups is 2. The molecule has 3 N–H and O–H groups in total. The van der Waals surface area contributed by atoms with Gasteiger partial charge < -0.3 is 52.3 Å². The second-order valence-electron chi connectivity index (χ2n) is 14.3. The number of carbonyl (C=O) groups excluding carboxylic acids is 3. The monoisotopic (exact) mass is 1520 g/mol. The molecular formula is C44H63BrCl3N3O14U2-2. The Kier molecular flexibility index (Phi) is 39.0. The number of nitrogens with zero attached hydrogens (tertiary/aromatic N) is 3. The zero-order valence-corrected chi connectivity index (χ0v) is 49.6. The van der Waals surface area contributed by atoms with Crippen LogP contribution in [0.15, 0.2) is 62.3 Å². The number of likely N-dealkylation sites (tertiary alicyclic amines) is 3. The molecule has 3 aromatic heterocycles. The van der Waals surface area contributed by atoms with Gasteiger partial charge in [0.25, 0.3) is 0 Å². The number of allylic oxidation sites excluding steroid dienone is 1. The Hall–Kier alpha value is -1.17. The maximum Gasteiger partial charge on any atom is 0.373 e. The van der Waals surface area contributed by atoms with Gasteiger partial charge in [0.05, 0.1) is 55.5 Å². The molecule has 6 rings (SSSR count). The van der Waals surface area contributed by atoms with Crippen molar-refractivity contribution in [1.82, 2.24) is 14.7 Å². The average Bonchev–Trinajstić information content (AvgIpc) is 4.18. The van der Waals surface area contributed by atoms with Crippen LogP contribution in [-0.2, 0) is 42.3 Å². The number of alkyl halides is 4. The number of hydrogen-bond donors (Lipinski definition) is 3. The number of aliphatic hydroxyl groups excluding tert-OH is 2. The number of aromatic carboxylic acids is 1. The van der Waals surface area contributed by atoms with Crippen LogP contribution in [0, 0.1) is 68.8 Å². The van der Waals surface area contributed by atoms with Crippen LogP contribution in [0.25, 0.3) is 0 Å². The van der Waals surface area contributed by atoms with Gasteiger partial charge in [-0.3, -0.25) is 14.7 Å². The first-order chi connectivity index (χ1) is 30.7. The molecule has 6 atom stereocenters. The molecule has 0 aliphatic carbocycles. The van der Waals surface area contributed by atoms with Gasteiger partial charge in [0.15, 0.2) is 0 Å². The summed E-state index contributed by atoms with van der Waals surface area (Å²) in [5.74, 6) is 0.106. The van der Waals surface area contributed by atoms with E-state index in [0.717, 1.165) is 58.1 Å². The minimum absolute atomic E-state index is 0. The van der Waals surface area contributed by atoms with Gasteiger partial charge in [-0.2, -0.15) is 0 Å². The Bertz CT molecular complexity index is 1800. The fourth-order valence-electron chi connectivity index (χ4n) is 6.45. The maximum atomic E-state index is 11.2. The number of hydrogen-bond acceptors (Lipinski definition) is 16. The first-order valence-corrected chi connectivity index (χ1v) is 22.6. The van der Waals surface area contributed by atoms with Crippen molar-refractivity contribution in [3.8, 4) is 0 Å². The van der Waals surface area contributed by atoms with E-state index in [1.807, 2.05) is 14.1 Å². The zero-order chi connectivity index (χ0) is 47.6. The van der Waals surface area contributed by atoms with E-state index in [2.05, 4.69) is 46.7 Å². The number of halogens is 4. The SMILES string of the molecule is C.C=C[C-]=O.CN1CC[C@@H](Cl)[C@@H]1CO.COC(=O)c1ccc(CBr)o1.COC(=O)c1ccc(COC[C@H]2[C@H](Cl)CCN2C)o1.O=C(O)c1ccc(COC[C@H]2[C@H](Cl)CCN2CC[CH-]O)o1.[U].[U]. The minimum atomic E-state index is -1.09. The number of rotatable bonds is 17. The van der Waals surface area contributed by atoms with Gasteiger partial charge in [-0.1, -0.05) is 23.4 Å². The van der Waals surface area contributed by atoms with E-state index in [-0.39, 0.29) is 134 Å². The molecule has 3 aliphatic heterocycles. The molecule has 0 aromatic carbocycles. The molecule has 0 amide bonds. The van der Waals surface area contributed by atoms with Crippen molar-refractivity contribution in [3.63, 3.8) is 0 Å². The van der Waals surface area contributed by atoms with Gasteiger partial charge in [0.1, 0.15) is 30.5 Å². The Morgan fingerprint density at radius 3 is 1.58 bits per heavy atom. The summed E-state index contributed by atoms with van der Waals surface area (Å²) in [7, 11) is 6.66. The van der Waals surface area contributed by atoms with Crippen molar-refractivity contribution in [1.29, 1.82) is 0 Å². The Morgan fingerprint density at radius 1 is 0.791 bits per heavy atom. The fraction of sp³-hybridized carbons (Fsp3) is 0.568. The maximum absolute atomic E-state index is 11.2. The van der Waals surface area contributed by atoms with Crippen molar-refractivity contribution in [2.24, 2.45) is 0 Å². The summed E-state index contributed by atoms with van der Waals surface area (Å²) in [6.07, 6.45) is 5.99. The molecule has 0 bridgehead atoms. The summed E-state index contributed by atoms with van der Waals surface area (Å²) in [4.78, 5) is 48.1. The van der Waals surface area contributed by atoms with Gasteiger partial charge in [-0.15, -0.1) is 41.2 Å². The molecule has 23 heteroatoms. The number of likely N-dealkylation sites (N-methyl/N-ethyl adjacent to an activating group) is 2. The molecule has 376 valence electrons. The largest absolute Gasteiger partial charge is 0.566 e. The smallest absolute Gasteiger partial charge is 0.373 e. The van der Waals surface area contributed by atoms with Crippen molar-refractivity contribution < 1.29 is 129 Å². The topological polar surface area (TPSA) is 215 Å². The van der Waals surface area contributed by atoms with Crippen molar-refractivity contribution in [2.45, 2.75) is 85.9 Å². The molecule has 0 saturated carbocycles. The number of carboxylic acid groups (broad SMARTS) is 1. The third-order valence-electron chi connectivity index (χ3n) is 10.0. The van der Waals surface area contributed by atoms with Crippen LogP contribution in [0.5, 0.6) is 0 Å². The van der Waals surface area contributed by atoms with E-state index >= 15 is 0 Å². The second-order valence-corrected chi connectivity index (χ2v) is 16.6. The van der Waals surface area contributed by atoms with Crippen LogP contribution in [0.4, 0.5) is 0 Å². The Balaban J connectivity index is 0. The van der Waals surface area contributed by atoms with Crippen molar-refractivity contribution in [3.05, 3.63) is 90.2 Å². The summed E-state index contributed by atoms with van der Waals surface area (Å²) in [6, 6.07) is 10.1. The minimum Gasteiger partial charge on any atom is -0.566 e. The number of esters is 2. The van der Waals surface area contributed by atoms with Gasteiger partial charge in [-0.25, -0.2) is 33.6 Å². The normalized spacial score (nSPS) is 20.8. The summed E-state index contributed by atoms with van der Waals surface area (Å²) < 4.78 is 35.7. The standard InChI is InChI=1S/C14H19ClNO5.C13H18ClNO4.C7H7BrO3.C6H12ClNO.C3H3O.CH4.2U/c15-11-4-6-16(5-1-7-17)12(11)9-20-8-10-2-3-13(21-10)14(18)19;1-15-6-5-10(14)11(15)8-18-7-9-3-4-12(19-9)13(16)17-2;1-10-7(9)6-3-2-5(4-8)11-6;1-8-3-2-5(7)6(8)4-9;1-2-3-4;;;/h2-3,7,11-12,17H,1,4-6,8-9H2,(H,18,19);3-4,10-11H,5-8H2,1-2H3;2-3H,4H2,1H3;5-6,9H,2-4H2,1H3;2H,1H2;1H4;;/q-1;;;;-1;;;/t11-,12+;10-,11+;;5-,6+;;;;/m11.1..../s1. The van der Waals surface area contributed by atoms with Crippen LogP contribution < -0.4 is 0 Å². The molecular weight excluding hydrogens is 1460 g/mol. The Labute approximate surface area is 464 Å². The van der Waals surface area contributed by atoms with Crippen LogP contribution in [0.1, 0.15) is 82.1 Å². The number of carboxylic acids is 1. The third-order valence-corrected chi connectivity index (χ3v) is 12.1. The van der Waals surface area contributed by atoms with E-state index < -0.39 is 17.9 Å². The second kappa shape index (κ2) is 38.5. The molecule has 0 radical (unpaired) electrons. The Morgan fingerprint density at radius 2 is 1.21 bits per heavy atom. The third kappa shape index (κ3) is 24.7. The van der Waals surface area contributed by atoms with Crippen LogP contribution >= 0.6 is 50.7 Å². The number of furan rings is 3. The molecule has 3 aliphatic rings. The van der Waals surface area contributed by atoms with E-state index in [0.29, 0.717) is 48.9 Å². The molecule has 6 heterocycles. The molecule has 0 unspecified atom stereocenters. The molecule has 17 nitrogen and oxygen atoms in total. The quantitative estimate of drug-likeness (QED) is 0.0529. The van der Waals surface area contributed by atoms with E-state index in [9.17, 15) is 14.4 Å². The summed E-state index contributed by atoms with van der Waals surface area (Å²) in [6.45, 7) is 9.58. The predicted molar refractivity (Wildman–Crippen MR) is 249 cm³/mol. The van der Waals surface area contributed by atoms with Gasteiger partial charge in [0, 0.05) is 80.4 Å². The fourth-order valence-corrected chi connectivity index (χ4v) is 7.82. The predicted octanol–water partition coefficient (Wildman–Crippen LogP) is 7.16. The molecule has 0 spiro atoms. The van der Waals surface area contributed by atoms with E-state index in [1.165, 1.54) is 26.6 Å². The van der Waals surface area contributed by atoms with Crippen LogP contribution in [0.2, 0.25) is 0 Å². The first kappa shape index (κ1) is 67.9. The zero-order valence-electron chi connectivity index (χ0n) is 37.4. The first-order valence-electron chi connectivity index (χ1n) is 20.2. The van der Waals surface area contributed by atoms with Crippen LogP contribution in [0.3, 0.4) is 0 Å². The molecule has 3 aromatic rings. The summed E-state index contributed by atoms with van der Waals surface area (Å²) in [5.41, 5.74) is 0. The number of methoxy groups -OCH3 is 2. The summed E-state index contributed by atoms with van der Waals surface area (Å²) >= 11 is 21.6. The average molecular weight is 1520 g/mol. The van der Waals surface area contributed by atoms with Crippen LogP contribution in [-0.4, -0.2) is 163 Å². The molecule has 67 heavy (non-hydrogen) atoms. The number of carbonyl (C=O) groups is 3. The van der Waals surface area contributed by atoms with E-state index in [1.54, 1.807) is 30.3 Å². The van der Waals surface area contributed by atoms with Gasteiger partial charge >= 0.3 is 17.9 Å². The van der Waals surface area contributed by atoms with Crippen molar-refractivity contribution in [2.75, 3.05) is 74.3 Å².